The molecule has 0 spiro atoms. The van der Waals surface area contributed by atoms with E-state index in [-0.39, 0.29) is 0 Å². The SMILES string of the molecule is CCN(CC1CCCO1)c1cc(N)nc(C2CC2)n1. The summed E-state index contributed by atoms with van der Waals surface area (Å²) in [6.07, 6.45) is 5.04. The van der Waals surface area contributed by atoms with E-state index in [4.69, 9.17) is 10.5 Å². The van der Waals surface area contributed by atoms with E-state index in [9.17, 15) is 0 Å². The molecule has 104 valence electrons. The first-order valence-electron chi connectivity index (χ1n) is 7.27. The third kappa shape index (κ3) is 2.97. The summed E-state index contributed by atoms with van der Waals surface area (Å²) in [5, 5.41) is 0. The van der Waals surface area contributed by atoms with Crippen LogP contribution in [-0.2, 0) is 4.74 Å². The second-order valence-corrected chi connectivity index (χ2v) is 5.46. The maximum atomic E-state index is 5.92. The van der Waals surface area contributed by atoms with Crippen molar-refractivity contribution in [3.8, 4) is 0 Å². The Labute approximate surface area is 114 Å². The fourth-order valence-electron chi connectivity index (χ4n) is 2.58. The van der Waals surface area contributed by atoms with Crippen LogP contribution < -0.4 is 10.6 Å². The molecule has 0 radical (unpaired) electrons. The van der Waals surface area contributed by atoms with E-state index in [0.29, 0.717) is 17.8 Å². The van der Waals surface area contributed by atoms with E-state index in [2.05, 4.69) is 21.8 Å². The molecule has 1 unspecified atom stereocenters. The summed E-state index contributed by atoms with van der Waals surface area (Å²) in [6, 6.07) is 1.88. The Hall–Kier alpha value is -1.36. The highest BCUT2D eigenvalue weighted by atomic mass is 16.5. The largest absolute Gasteiger partial charge is 0.384 e. The molecule has 2 N–H and O–H groups in total. The van der Waals surface area contributed by atoms with Gasteiger partial charge >= 0.3 is 0 Å². The van der Waals surface area contributed by atoms with Crippen LogP contribution in [0.5, 0.6) is 0 Å². The van der Waals surface area contributed by atoms with Gasteiger partial charge < -0.3 is 15.4 Å². The van der Waals surface area contributed by atoms with Crippen molar-refractivity contribution in [2.24, 2.45) is 0 Å². The lowest BCUT2D eigenvalue weighted by atomic mass is 10.2. The zero-order valence-electron chi connectivity index (χ0n) is 11.5. The van der Waals surface area contributed by atoms with Gasteiger partial charge in [-0.3, -0.25) is 0 Å². The molecule has 2 fully saturated rings. The molecule has 5 heteroatoms. The van der Waals surface area contributed by atoms with E-state index in [1.807, 2.05) is 6.07 Å². The molecule has 1 aliphatic carbocycles. The number of likely N-dealkylation sites (N-methyl/N-ethyl adjacent to an activating group) is 1. The van der Waals surface area contributed by atoms with E-state index in [1.165, 1.54) is 19.3 Å². The zero-order valence-corrected chi connectivity index (χ0v) is 11.5. The molecule has 1 atom stereocenters. The van der Waals surface area contributed by atoms with Crippen LogP contribution in [0.25, 0.3) is 0 Å². The van der Waals surface area contributed by atoms with Crippen molar-refractivity contribution in [3.63, 3.8) is 0 Å². The Morgan fingerprint density at radius 1 is 1.37 bits per heavy atom. The minimum Gasteiger partial charge on any atom is -0.384 e. The number of nitrogens with zero attached hydrogens (tertiary/aromatic N) is 3. The third-order valence-electron chi connectivity index (χ3n) is 3.85. The molecule has 1 aromatic rings. The van der Waals surface area contributed by atoms with Crippen molar-refractivity contribution < 1.29 is 4.74 Å². The van der Waals surface area contributed by atoms with Gasteiger partial charge in [0.1, 0.15) is 17.5 Å². The number of nitrogen functional groups attached to an aromatic ring is 1. The number of aromatic nitrogens is 2. The lowest BCUT2D eigenvalue weighted by Crippen LogP contribution is -2.33. The Morgan fingerprint density at radius 3 is 2.84 bits per heavy atom. The molecule has 3 rings (SSSR count). The number of nitrogens with two attached hydrogens (primary N) is 1. The minimum atomic E-state index is 0.334. The number of rotatable bonds is 5. The quantitative estimate of drug-likeness (QED) is 0.878. The van der Waals surface area contributed by atoms with Crippen molar-refractivity contribution in [2.75, 3.05) is 30.3 Å². The second-order valence-electron chi connectivity index (χ2n) is 5.46. The zero-order chi connectivity index (χ0) is 13.2. The van der Waals surface area contributed by atoms with Crippen LogP contribution >= 0.6 is 0 Å². The topological polar surface area (TPSA) is 64.3 Å². The van der Waals surface area contributed by atoms with Gasteiger partial charge in [0, 0.05) is 31.7 Å². The van der Waals surface area contributed by atoms with Crippen molar-refractivity contribution in [3.05, 3.63) is 11.9 Å². The fraction of sp³-hybridized carbons (Fsp3) is 0.714. The Morgan fingerprint density at radius 2 is 2.21 bits per heavy atom. The highest BCUT2D eigenvalue weighted by molar-refractivity contribution is 5.47. The molecule has 0 bridgehead atoms. The van der Waals surface area contributed by atoms with Crippen LogP contribution in [-0.4, -0.2) is 35.8 Å². The van der Waals surface area contributed by atoms with Crippen molar-refractivity contribution in [1.29, 1.82) is 0 Å². The van der Waals surface area contributed by atoms with Crippen molar-refractivity contribution in [2.45, 2.75) is 44.6 Å². The first-order chi connectivity index (χ1) is 9.26. The van der Waals surface area contributed by atoms with Gasteiger partial charge in [-0.15, -0.1) is 0 Å². The van der Waals surface area contributed by atoms with Crippen LogP contribution in [0.4, 0.5) is 11.6 Å². The summed E-state index contributed by atoms with van der Waals surface area (Å²) in [7, 11) is 0. The molecule has 19 heavy (non-hydrogen) atoms. The molecular formula is C14H22N4O. The van der Waals surface area contributed by atoms with E-state index in [0.717, 1.165) is 37.8 Å². The van der Waals surface area contributed by atoms with Gasteiger partial charge in [0.2, 0.25) is 0 Å². The van der Waals surface area contributed by atoms with Gasteiger partial charge in [0.15, 0.2) is 0 Å². The van der Waals surface area contributed by atoms with Crippen molar-refractivity contribution >= 4 is 11.6 Å². The van der Waals surface area contributed by atoms with E-state index < -0.39 is 0 Å². The highest BCUT2D eigenvalue weighted by Crippen LogP contribution is 2.38. The predicted molar refractivity (Wildman–Crippen MR) is 75.3 cm³/mol. The second kappa shape index (κ2) is 5.33. The average molecular weight is 262 g/mol. The first kappa shape index (κ1) is 12.7. The number of anilines is 2. The Balaban J connectivity index is 1.77. The summed E-state index contributed by atoms with van der Waals surface area (Å²) in [4.78, 5) is 11.3. The molecule has 1 aromatic heterocycles. The van der Waals surface area contributed by atoms with Crippen LogP contribution in [0.15, 0.2) is 6.07 Å². The Bertz CT molecular complexity index is 441. The predicted octanol–water partition coefficient (Wildman–Crippen LogP) is 1.94. The lowest BCUT2D eigenvalue weighted by molar-refractivity contribution is 0.115. The number of hydrogen-bond acceptors (Lipinski definition) is 5. The maximum absolute atomic E-state index is 5.92. The molecular weight excluding hydrogens is 240 g/mol. The molecule has 1 aliphatic heterocycles. The van der Waals surface area contributed by atoms with E-state index >= 15 is 0 Å². The summed E-state index contributed by atoms with van der Waals surface area (Å²) in [5.74, 6) is 2.98. The van der Waals surface area contributed by atoms with Crippen LogP contribution in [0.3, 0.4) is 0 Å². The van der Waals surface area contributed by atoms with Gasteiger partial charge in [-0.25, -0.2) is 9.97 Å². The van der Waals surface area contributed by atoms with Crippen LogP contribution in [0.2, 0.25) is 0 Å². The minimum absolute atomic E-state index is 0.334. The maximum Gasteiger partial charge on any atom is 0.136 e. The summed E-state index contributed by atoms with van der Waals surface area (Å²) in [5.41, 5.74) is 5.92. The van der Waals surface area contributed by atoms with Crippen molar-refractivity contribution in [1.82, 2.24) is 9.97 Å². The summed E-state index contributed by atoms with van der Waals surface area (Å²) in [6.45, 7) is 4.85. The summed E-state index contributed by atoms with van der Waals surface area (Å²) >= 11 is 0. The van der Waals surface area contributed by atoms with Crippen LogP contribution in [0, 0.1) is 0 Å². The molecule has 0 amide bonds. The van der Waals surface area contributed by atoms with Gasteiger partial charge in [-0.1, -0.05) is 0 Å². The number of hydrogen-bond donors (Lipinski definition) is 1. The molecule has 2 aliphatic rings. The fourth-order valence-corrected chi connectivity index (χ4v) is 2.58. The van der Waals surface area contributed by atoms with Gasteiger partial charge in [-0.2, -0.15) is 0 Å². The Kier molecular flexibility index (Phi) is 3.55. The normalized spacial score (nSPS) is 22.7. The molecule has 0 aromatic carbocycles. The van der Waals surface area contributed by atoms with Gasteiger partial charge in [0.25, 0.3) is 0 Å². The van der Waals surface area contributed by atoms with E-state index in [1.54, 1.807) is 0 Å². The van der Waals surface area contributed by atoms with Gasteiger partial charge in [-0.05, 0) is 32.6 Å². The molecule has 5 nitrogen and oxygen atoms in total. The lowest BCUT2D eigenvalue weighted by Gasteiger charge is -2.25. The smallest absolute Gasteiger partial charge is 0.136 e. The van der Waals surface area contributed by atoms with Crippen LogP contribution in [0.1, 0.15) is 44.3 Å². The summed E-state index contributed by atoms with van der Waals surface area (Å²) < 4.78 is 5.71. The average Bonchev–Trinajstić information content (AvgIpc) is 3.13. The number of ether oxygens (including phenoxy) is 1. The monoisotopic (exact) mass is 262 g/mol. The highest BCUT2D eigenvalue weighted by Gasteiger charge is 2.28. The third-order valence-corrected chi connectivity index (χ3v) is 3.85. The molecule has 2 heterocycles. The van der Waals surface area contributed by atoms with Gasteiger partial charge in [0.05, 0.1) is 6.10 Å². The molecule has 1 saturated heterocycles. The standard InChI is InChI=1S/C14H22N4O/c1-2-18(9-11-4-3-7-19-11)13-8-12(15)16-14(17-13)10-5-6-10/h8,10-11H,2-7,9H2,1H3,(H2,15,16,17). The first-order valence-corrected chi connectivity index (χ1v) is 7.27. The molecule has 1 saturated carbocycles.